The number of carbonyl (C=O) groups is 2. The SMILES string of the molecule is COc1ccccc1[C@H]1CN(C(=O)C(C)C)C[C@H]1C(=O)NCc1ccc2c(c1)OCO2. The molecule has 31 heavy (non-hydrogen) atoms. The van der Waals surface area contributed by atoms with E-state index in [1.165, 1.54) is 0 Å². The average molecular weight is 424 g/mol. The van der Waals surface area contributed by atoms with Crippen LogP contribution in [0.4, 0.5) is 0 Å². The molecule has 0 spiro atoms. The first-order valence-corrected chi connectivity index (χ1v) is 10.6. The molecular formula is C24H28N2O5. The molecule has 0 aliphatic carbocycles. The van der Waals surface area contributed by atoms with Crippen LogP contribution in [0.5, 0.6) is 17.2 Å². The quantitative estimate of drug-likeness (QED) is 0.772. The number of amides is 2. The summed E-state index contributed by atoms with van der Waals surface area (Å²) in [6, 6.07) is 13.3. The van der Waals surface area contributed by atoms with Gasteiger partial charge in [0.05, 0.1) is 13.0 Å². The van der Waals surface area contributed by atoms with Gasteiger partial charge in [0.2, 0.25) is 18.6 Å². The van der Waals surface area contributed by atoms with Gasteiger partial charge in [-0.2, -0.15) is 0 Å². The van der Waals surface area contributed by atoms with Crippen molar-refractivity contribution < 1.29 is 23.8 Å². The number of fused-ring (bicyclic) bond motifs is 1. The predicted octanol–water partition coefficient (Wildman–Crippen LogP) is 2.94. The molecule has 0 unspecified atom stereocenters. The van der Waals surface area contributed by atoms with Gasteiger partial charge in [0.15, 0.2) is 11.5 Å². The standard InChI is InChI=1S/C24H28N2O5/c1-15(2)24(28)26-12-18(17-6-4-5-7-20(17)29-3)19(13-26)23(27)25-11-16-8-9-21-22(10-16)31-14-30-21/h4-10,15,18-19H,11-14H2,1-3H3,(H,25,27)/t18-,19-/m1/s1. The van der Waals surface area contributed by atoms with Crippen molar-refractivity contribution in [3.8, 4) is 17.2 Å². The smallest absolute Gasteiger partial charge is 0.231 e. The second kappa shape index (κ2) is 8.88. The molecule has 0 bridgehead atoms. The van der Waals surface area contributed by atoms with Crippen LogP contribution in [0.1, 0.15) is 30.9 Å². The number of likely N-dealkylation sites (tertiary alicyclic amines) is 1. The molecule has 2 heterocycles. The van der Waals surface area contributed by atoms with E-state index in [9.17, 15) is 9.59 Å². The van der Waals surface area contributed by atoms with Gasteiger partial charge in [0.1, 0.15) is 5.75 Å². The lowest BCUT2D eigenvalue weighted by atomic mass is 9.87. The van der Waals surface area contributed by atoms with Gasteiger partial charge >= 0.3 is 0 Å². The largest absolute Gasteiger partial charge is 0.496 e. The van der Waals surface area contributed by atoms with E-state index in [-0.39, 0.29) is 36.4 Å². The molecule has 2 aromatic carbocycles. The van der Waals surface area contributed by atoms with E-state index in [2.05, 4.69) is 5.32 Å². The Morgan fingerprint density at radius 1 is 1.13 bits per heavy atom. The Kier molecular flexibility index (Phi) is 6.02. The molecule has 2 aliphatic rings. The normalized spacial score (nSPS) is 19.5. The van der Waals surface area contributed by atoms with Crippen molar-refractivity contribution in [1.82, 2.24) is 10.2 Å². The molecule has 1 N–H and O–H groups in total. The predicted molar refractivity (Wildman–Crippen MR) is 115 cm³/mol. The summed E-state index contributed by atoms with van der Waals surface area (Å²) in [5.74, 6) is 1.52. The summed E-state index contributed by atoms with van der Waals surface area (Å²) in [5, 5.41) is 3.04. The van der Waals surface area contributed by atoms with Gasteiger partial charge in [0, 0.05) is 31.5 Å². The molecule has 0 saturated carbocycles. The van der Waals surface area contributed by atoms with Gasteiger partial charge in [-0.3, -0.25) is 9.59 Å². The molecule has 0 radical (unpaired) electrons. The minimum absolute atomic E-state index is 0.0611. The van der Waals surface area contributed by atoms with Gasteiger partial charge in [0.25, 0.3) is 0 Å². The van der Waals surface area contributed by atoms with Crippen LogP contribution in [-0.2, 0) is 16.1 Å². The maximum absolute atomic E-state index is 13.2. The lowest BCUT2D eigenvalue weighted by Gasteiger charge is -2.20. The van der Waals surface area contributed by atoms with Crippen LogP contribution in [0.15, 0.2) is 42.5 Å². The topological polar surface area (TPSA) is 77.1 Å². The van der Waals surface area contributed by atoms with Gasteiger partial charge < -0.3 is 24.4 Å². The van der Waals surface area contributed by atoms with Crippen LogP contribution in [0.2, 0.25) is 0 Å². The maximum atomic E-state index is 13.2. The number of para-hydroxylation sites is 1. The number of hydrogen-bond donors (Lipinski definition) is 1. The van der Waals surface area contributed by atoms with E-state index in [0.29, 0.717) is 31.1 Å². The van der Waals surface area contributed by atoms with E-state index in [4.69, 9.17) is 14.2 Å². The van der Waals surface area contributed by atoms with Crippen molar-refractivity contribution in [2.24, 2.45) is 11.8 Å². The first-order valence-electron chi connectivity index (χ1n) is 10.6. The second-order valence-electron chi connectivity index (χ2n) is 8.26. The minimum atomic E-state index is -0.354. The molecule has 4 rings (SSSR count). The molecule has 2 amide bonds. The summed E-state index contributed by atoms with van der Waals surface area (Å²) in [7, 11) is 1.62. The van der Waals surface area contributed by atoms with E-state index in [0.717, 1.165) is 16.9 Å². The third kappa shape index (κ3) is 4.31. The minimum Gasteiger partial charge on any atom is -0.496 e. The first-order chi connectivity index (χ1) is 15.0. The van der Waals surface area contributed by atoms with Crippen LogP contribution in [0.3, 0.4) is 0 Å². The third-order valence-corrected chi connectivity index (χ3v) is 5.90. The number of rotatable bonds is 6. The molecule has 7 nitrogen and oxygen atoms in total. The van der Waals surface area contributed by atoms with Gasteiger partial charge in [-0.05, 0) is 29.3 Å². The van der Waals surface area contributed by atoms with Crippen LogP contribution in [-0.4, -0.2) is 43.7 Å². The molecule has 164 valence electrons. The van der Waals surface area contributed by atoms with Crippen LogP contribution in [0.25, 0.3) is 0 Å². The Hall–Kier alpha value is -3.22. The highest BCUT2D eigenvalue weighted by Crippen LogP contribution is 2.38. The Morgan fingerprint density at radius 3 is 2.68 bits per heavy atom. The van der Waals surface area contributed by atoms with Gasteiger partial charge in [-0.25, -0.2) is 0 Å². The average Bonchev–Trinajstić information content (AvgIpc) is 3.43. The highest BCUT2D eigenvalue weighted by Gasteiger charge is 2.41. The molecule has 0 aromatic heterocycles. The van der Waals surface area contributed by atoms with E-state index < -0.39 is 0 Å². The van der Waals surface area contributed by atoms with E-state index in [1.807, 2.05) is 56.3 Å². The number of hydrogen-bond acceptors (Lipinski definition) is 5. The highest BCUT2D eigenvalue weighted by atomic mass is 16.7. The van der Waals surface area contributed by atoms with Crippen molar-refractivity contribution >= 4 is 11.8 Å². The molecule has 7 heteroatoms. The number of nitrogens with zero attached hydrogens (tertiary/aromatic N) is 1. The van der Waals surface area contributed by atoms with Crippen LogP contribution < -0.4 is 19.5 Å². The molecule has 1 saturated heterocycles. The Labute approximate surface area is 182 Å². The summed E-state index contributed by atoms with van der Waals surface area (Å²) in [5.41, 5.74) is 1.88. The van der Waals surface area contributed by atoms with Crippen molar-refractivity contribution in [2.45, 2.75) is 26.3 Å². The summed E-state index contributed by atoms with van der Waals surface area (Å²) < 4.78 is 16.3. The zero-order valence-corrected chi connectivity index (χ0v) is 18.1. The fourth-order valence-corrected chi connectivity index (χ4v) is 4.27. The molecule has 2 aromatic rings. The number of ether oxygens (including phenoxy) is 3. The summed E-state index contributed by atoms with van der Waals surface area (Å²) >= 11 is 0. The third-order valence-electron chi connectivity index (χ3n) is 5.90. The van der Waals surface area contributed by atoms with Crippen molar-refractivity contribution in [2.75, 3.05) is 27.0 Å². The van der Waals surface area contributed by atoms with Crippen molar-refractivity contribution in [3.63, 3.8) is 0 Å². The number of carbonyl (C=O) groups excluding carboxylic acids is 2. The summed E-state index contributed by atoms with van der Waals surface area (Å²) in [4.78, 5) is 27.7. The number of nitrogens with one attached hydrogen (secondary N) is 1. The Balaban J connectivity index is 1.52. The van der Waals surface area contributed by atoms with Gasteiger partial charge in [-0.1, -0.05) is 38.1 Å². The van der Waals surface area contributed by atoms with E-state index >= 15 is 0 Å². The van der Waals surface area contributed by atoms with Gasteiger partial charge in [-0.15, -0.1) is 0 Å². The van der Waals surface area contributed by atoms with Crippen molar-refractivity contribution in [3.05, 3.63) is 53.6 Å². The molecule has 2 atom stereocenters. The zero-order valence-electron chi connectivity index (χ0n) is 18.1. The van der Waals surface area contributed by atoms with Crippen molar-refractivity contribution in [1.29, 1.82) is 0 Å². The molecule has 1 fully saturated rings. The molecule has 2 aliphatic heterocycles. The highest BCUT2D eigenvalue weighted by molar-refractivity contribution is 5.84. The Bertz CT molecular complexity index is 974. The summed E-state index contributed by atoms with van der Waals surface area (Å²) in [6.07, 6.45) is 0. The lowest BCUT2D eigenvalue weighted by Crippen LogP contribution is -2.36. The lowest BCUT2D eigenvalue weighted by molar-refractivity contribution is -0.133. The van der Waals surface area contributed by atoms with Crippen LogP contribution in [0, 0.1) is 11.8 Å². The molecular weight excluding hydrogens is 396 g/mol. The Morgan fingerprint density at radius 2 is 1.90 bits per heavy atom. The number of methoxy groups -OCH3 is 1. The fraction of sp³-hybridized carbons (Fsp3) is 0.417. The first kappa shape index (κ1) is 21.0. The zero-order chi connectivity index (χ0) is 22.0. The summed E-state index contributed by atoms with van der Waals surface area (Å²) in [6.45, 7) is 5.25. The number of benzene rings is 2. The van der Waals surface area contributed by atoms with Crippen LogP contribution >= 0.6 is 0 Å². The maximum Gasteiger partial charge on any atom is 0.231 e. The fourth-order valence-electron chi connectivity index (χ4n) is 4.27. The second-order valence-corrected chi connectivity index (χ2v) is 8.26. The van der Waals surface area contributed by atoms with E-state index in [1.54, 1.807) is 12.0 Å². The monoisotopic (exact) mass is 424 g/mol.